The number of anilines is 1. The van der Waals surface area contributed by atoms with Gasteiger partial charge in [0.05, 0.1) is 12.6 Å². The topological polar surface area (TPSA) is 52.6 Å². The second kappa shape index (κ2) is 8.03. The number of nitrogens with one attached hydrogen (secondary N) is 1. The molecule has 0 radical (unpaired) electrons. The summed E-state index contributed by atoms with van der Waals surface area (Å²) >= 11 is 0. The van der Waals surface area contributed by atoms with Gasteiger partial charge in [0.2, 0.25) is 0 Å². The van der Waals surface area contributed by atoms with E-state index in [0.29, 0.717) is 0 Å². The van der Waals surface area contributed by atoms with Crippen molar-refractivity contribution in [1.82, 2.24) is 5.32 Å². The molecule has 0 amide bonds. The Morgan fingerprint density at radius 2 is 1.86 bits per heavy atom. The van der Waals surface area contributed by atoms with Gasteiger partial charge in [-0.25, -0.2) is 0 Å². The summed E-state index contributed by atoms with van der Waals surface area (Å²) in [5.74, 6) is -0.794. The van der Waals surface area contributed by atoms with Crippen molar-refractivity contribution >= 4 is 22.4 Å². The molecule has 4 heteroatoms. The second-order valence-corrected chi connectivity index (χ2v) is 7.55. The van der Waals surface area contributed by atoms with E-state index in [2.05, 4.69) is 59.6 Å². The van der Waals surface area contributed by atoms with Crippen LogP contribution in [0.2, 0.25) is 0 Å². The van der Waals surface area contributed by atoms with Gasteiger partial charge in [0, 0.05) is 18.3 Å². The minimum Gasteiger partial charge on any atom is -0.481 e. The highest BCUT2D eigenvalue weighted by Crippen LogP contribution is 2.29. The Hall–Kier alpha value is -2.85. The summed E-state index contributed by atoms with van der Waals surface area (Å²) in [5, 5.41) is 15.3. The molecule has 0 bridgehead atoms. The molecule has 1 aliphatic heterocycles. The van der Waals surface area contributed by atoms with Gasteiger partial charge in [0.1, 0.15) is 0 Å². The fraction of sp³-hybridized carbons (Fsp3) is 0.292. The minimum atomic E-state index is -0.794. The lowest BCUT2D eigenvalue weighted by atomic mass is 9.99. The average molecular weight is 374 g/mol. The van der Waals surface area contributed by atoms with E-state index in [-0.39, 0.29) is 18.6 Å². The van der Waals surface area contributed by atoms with Crippen LogP contribution in [-0.4, -0.2) is 23.8 Å². The normalized spacial score (nSPS) is 17.8. The largest absolute Gasteiger partial charge is 0.481 e. The molecule has 1 aliphatic rings. The molecule has 0 aliphatic carbocycles. The van der Waals surface area contributed by atoms with E-state index in [1.165, 1.54) is 16.3 Å². The molecule has 4 rings (SSSR count). The maximum atomic E-state index is 10.9. The third kappa shape index (κ3) is 3.87. The number of fused-ring (bicyclic) bond motifs is 1. The Morgan fingerprint density at radius 1 is 1.11 bits per heavy atom. The average Bonchev–Trinajstić information content (AvgIpc) is 3.15. The first-order chi connectivity index (χ1) is 13.6. The third-order valence-electron chi connectivity index (χ3n) is 5.61. The van der Waals surface area contributed by atoms with Gasteiger partial charge >= 0.3 is 5.97 Å². The third-order valence-corrected chi connectivity index (χ3v) is 5.61. The molecule has 1 fully saturated rings. The van der Waals surface area contributed by atoms with Gasteiger partial charge in [-0.05, 0) is 53.8 Å². The van der Waals surface area contributed by atoms with Crippen LogP contribution in [0, 0.1) is 0 Å². The zero-order chi connectivity index (χ0) is 19.5. The van der Waals surface area contributed by atoms with Crippen molar-refractivity contribution in [2.24, 2.45) is 0 Å². The summed E-state index contributed by atoms with van der Waals surface area (Å²) < 4.78 is 0. The van der Waals surface area contributed by atoms with Crippen LogP contribution in [-0.2, 0) is 11.2 Å². The number of carboxylic acids is 1. The maximum Gasteiger partial charge on any atom is 0.307 e. The van der Waals surface area contributed by atoms with E-state index in [4.69, 9.17) is 5.11 Å². The maximum absolute atomic E-state index is 10.9. The summed E-state index contributed by atoms with van der Waals surface area (Å²) in [7, 11) is 0. The summed E-state index contributed by atoms with van der Waals surface area (Å²) in [4.78, 5) is 13.3. The molecular weight excluding hydrogens is 348 g/mol. The highest BCUT2D eigenvalue weighted by atomic mass is 16.4. The van der Waals surface area contributed by atoms with Gasteiger partial charge in [0.25, 0.3) is 0 Å². The number of carboxylic acid groups (broad SMARTS) is 1. The van der Waals surface area contributed by atoms with Crippen LogP contribution in [0.1, 0.15) is 36.9 Å². The first-order valence-electron chi connectivity index (χ1n) is 9.93. The van der Waals surface area contributed by atoms with Crippen molar-refractivity contribution in [3.8, 4) is 0 Å². The second-order valence-electron chi connectivity index (χ2n) is 7.55. The Morgan fingerprint density at radius 3 is 2.64 bits per heavy atom. The van der Waals surface area contributed by atoms with Crippen LogP contribution in [0.25, 0.3) is 10.8 Å². The zero-order valence-corrected chi connectivity index (χ0v) is 16.1. The van der Waals surface area contributed by atoms with Crippen molar-refractivity contribution in [3.63, 3.8) is 0 Å². The van der Waals surface area contributed by atoms with Crippen LogP contribution >= 0.6 is 0 Å². The molecule has 0 saturated carbocycles. The lowest BCUT2D eigenvalue weighted by Gasteiger charge is -2.31. The van der Waals surface area contributed by atoms with E-state index in [9.17, 15) is 4.79 Å². The Kier molecular flexibility index (Phi) is 5.31. The van der Waals surface area contributed by atoms with Gasteiger partial charge in [-0.3, -0.25) is 10.1 Å². The van der Waals surface area contributed by atoms with Crippen molar-refractivity contribution in [3.05, 3.63) is 77.9 Å². The van der Waals surface area contributed by atoms with E-state index in [0.717, 1.165) is 30.6 Å². The van der Waals surface area contributed by atoms with E-state index in [1.54, 1.807) is 0 Å². The lowest BCUT2D eigenvalue weighted by Crippen LogP contribution is -2.42. The first-order valence-corrected chi connectivity index (χ1v) is 9.93. The number of nitrogens with zero attached hydrogens (tertiary/aromatic N) is 1. The molecule has 0 aromatic heterocycles. The smallest absolute Gasteiger partial charge is 0.307 e. The van der Waals surface area contributed by atoms with Crippen LogP contribution in [0.4, 0.5) is 5.69 Å². The Bertz CT molecular complexity index is 963. The van der Waals surface area contributed by atoms with Gasteiger partial charge in [0.15, 0.2) is 0 Å². The lowest BCUT2D eigenvalue weighted by molar-refractivity contribution is -0.136. The highest BCUT2D eigenvalue weighted by Gasteiger charge is 2.26. The van der Waals surface area contributed by atoms with E-state index in [1.807, 2.05) is 24.3 Å². The summed E-state index contributed by atoms with van der Waals surface area (Å²) in [5.41, 5.74) is 3.31. The van der Waals surface area contributed by atoms with Gasteiger partial charge in [-0.2, -0.15) is 0 Å². The van der Waals surface area contributed by atoms with Crippen LogP contribution in [0.5, 0.6) is 0 Å². The number of hydrogen-bond acceptors (Lipinski definition) is 3. The Balaban J connectivity index is 1.51. The minimum absolute atomic E-state index is 0.0695. The molecule has 0 spiro atoms. The number of hydrogen-bond donors (Lipinski definition) is 2. The van der Waals surface area contributed by atoms with Crippen LogP contribution in [0.3, 0.4) is 0 Å². The molecule has 28 heavy (non-hydrogen) atoms. The predicted octanol–water partition coefficient (Wildman–Crippen LogP) is 4.74. The summed E-state index contributed by atoms with van der Waals surface area (Å²) in [6.07, 6.45) is 2.60. The summed E-state index contributed by atoms with van der Waals surface area (Å²) in [6, 6.07) is 23.2. The van der Waals surface area contributed by atoms with Crippen LogP contribution < -0.4 is 10.2 Å². The fourth-order valence-electron chi connectivity index (χ4n) is 4.24. The van der Waals surface area contributed by atoms with Crippen molar-refractivity contribution in [2.75, 3.05) is 11.4 Å². The van der Waals surface area contributed by atoms with E-state index < -0.39 is 5.97 Å². The molecule has 2 unspecified atom stereocenters. The first kappa shape index (κ1) is 18.5. The standard InChI is InChI=1S/C24H26N2O2/c1-17(21-9-4-7-19-6-2-3-8-22(19)21)25-23-10-5-15-26(23)20-13-11-18(12-14-20)16-24(27)28/h2-4,6-9,11-14,17,23,25H,5,10,15-16H2,1H3,(H,27,28). The molecule has 3 aromatic rings. The molecule has 1 saturated heterocycles. The molecule has 3 aromatic carbocycles. The number of rotatable bonds is 6. The monoisotopic (exact) mass is 374 g/mol. The van der Waals surface area contributed by atoms with Crippen LogP contribution in [0.15, 0.2) is 66.7 Å². The molecule has 2 atom stereocenters. The SMILES string of the molecule is CC(NC1CCCN1c1ccc(CC(=O)O)cc1)c1cccc2ccccc12. The Labute approximate surface area is 165 Å². The van der Waals surface area contributed by atoms with Gasteiger partial charge in [-0.1, -0.05) is 54.6 Å². The fourth-order valence-corrected chi connectivity index (χ4v) is 4.24. The highest BCUT2D eigenvalue weighted by molar-refractivity contribution is 5.86. The molecule has 144 valence electrons. The van der Waals surface area contributed by atoms with Gasteiger partial charge in [-0.15, -0.1) is 0 Å². The molecule has 4 nitrogen and oxygen atoms in total. The van der Waals surface area contributed by atoms with Gasteiger partial charge < -0.3 is 10.0 Å². The predicted molar refractivity (Wildman–Crippen MR) is 114 cm³/mol. The number of carbonyl (C=O) groups is 1. The van der Waals surface area contributed by atoms with Crippen molar-refractivity contribution in [2.45, 2.75) is 38.4 Å². The van der Waals surface area contributed by atoms with Crippen molar-refractivity contribution < 1.29 is 9.90 Å². The van der Waals surface area contributed by atoms with Crippen molar-refractivity contribution in [1.29, 1.82) is 0 Å². The number of aliphatic carboxylic acids is 1. The number of benzene rings is 3. The molecule has 2 N–H and O–H groups in total. The molecular formula is C24H26N2O2. The zero-order valence-electron chi connectivity index (χ0n) is 16.1. The quantitative estimate of drug-likeness (QED) is 0.654. The molecule has 1 heterocycles. The summed E-state index contributed by atoms with van der Waals surface area (Å²) in [6.45, 7) is 3.24. The van der Waals surface area contributed by atoms with E-state index >= 15 is 0 Å².